The highest BCUT2D eigenvalue weighted by Crippen LogP contribution is 2.29. The predicted octanol–water partition coefficient (Wildman–Crippen LogP) is 2.46. The molecule has 0 bridgehead atoms. The number of nitrogens with one attached hydrogen (secondary N) is 2. The lowest BCUT2D eigenvalue weighted by Gasteiger charge is -2.18. The summed E-state index contributed by atoms with van der Waals surface area (Å²) >= 11 is 1.02. The van der Waals surface area contributed by atoms with Gasteiger partial charge in [-0.25, -0.2) is 4.98 Å². The number of hydrogen-bond acceptors (Lipinski definition) is 5. The summed E-state index contributed by atoms with van der Waals surface area (Å²) in [6, 6.07) is 0. The second kappa shape index (κ2) is 13.5. The number of methoxy groups -OCH3 is 1. The first-order valence-electron chi connectivity index (χ1n) is 8.00. The van der Waals surface area contributed by atoms with E-state index in [-0.39, 0.29) is 24.0 Å². The number of halogens is 4. The van der Waals surface area contributed by atoms with Crippen LogP contribution in [0.15, 0.2) is 10.4 Å². The Kier molecular flexibility index (Phi) is 13.2. The molecule has 0 atom stereocenters. The van der Waals surface area contributed by atoms with Crippen molar-refractivity contribution in [2.75, 3.05) is 54.0 Å². The molecule has 26 heavy (non-hydrogen) atoms. The molecule has 2 N–H and O–H groups in total. The van der Waals surface area contributed by atoms with Gasteiger partial charge in [-0.05, 0) is 13.5 Å². The first-order chi connectivity index (χ1) is 11.9. The van der Waals surface area contributed by atoms with E-state index in [1.54, 1.807) is 14.2 Å². The van der Waals surface area contributed by atoms with Crippen molar-refractivity contribution in [3.63, 3.8) is 0 Å². The van der Waals surface area contributed by atoms with Gasteiger partial charge >= 0.3 is 6.18 Å². The van der Waals surface area contributed by atoms with Gasteiger partial charge in [0.05, 0.1) is 5.01 Å². The van der Waals surface area contributed by atoms with Crippen LogP contribution in [-0.4, -0.2) is 69.8 Å². The van der Waals surface area contributed by atoms with Crippen LogP contribution in [0.1, 0.15) is 17.1 Å². The first kappa shape index (κ1) is 25.3. The lowest BCUT2D eigenvalue weighted by molar-refractivity contribution is -0.140. The number of nitrogens with zero attached hydrogens (tertiary/aromatic N) is 3. The first-order valence-corrected chi connectivity index (χ1v) is 8.88. The molecule has 0 saturated heterocycles. The maximum absolute atomic E-state index is 12.5. The van der Waals surface area contributed by atoms with E-state index < -0.39 is 11.9 Å². The number of alkyl halides is 3. The van der Waals surface area contributed by atoms with E-state index in [0.29, 0.717) is 23.9 Å². The monoisotopic (exact) mass is 509 g/mol. The summed E-state index contributed by atoms with van der Waals surface area (Å²) in [6.45, 7) is 3.74. The van der Waals surface area contributed by atoms with Gasteiger partial charge in [-0.15, -0.1) is 35.3 Å². The Bertz CT molecular complexity index is 528. The number of guanidine groups is 1. The van der Waals surface area contributed by atoms with Gasteiger partial charge in [0.1, 0.15) is 0 Å². The van der Waals surface area contributed by atoms with Gasteiger partial charge in [-0.2, -0.15) is 13.2 Å². The molecular formula is C15H27F3IN5OS. The summed E-state index contributed by atoms with van der Waals surface area (Å²) in [7, 11) is 5.38. The van der Waals surface area contributed by atoms with Crippen LogP contribution in [0.3, 0.4) is 0 Å². The third kappa shape index (κ3) is 10.5. The van der Waals surface area contributed by atoms with Gasteiger partial charge < -0.3 is 20.3 Å². The van der Waals surface area contributed by atoms with Gasteiger partial charge in [0.15, 0.2) is 11.7 Å². The summed E-state index contributed by atoms with van der Waals surface area (Å²) in [5, 5.41) is 7.75. The molecule has 0 aliphatic rings. The van der Waals surface area contributed by atoms with Crippen LogP contribution in [0, 0.1) is 0 Å². The van der Waals surface area contributed by atoms with E-state index in [1.165, 1.54) is 0 Å². The van der Waals surface area contributed by atoms with Gasteiger partial charge in [-0.1, -0.05) is 0 Å². The molecular weight excluding hydrogens is 482 g/mol. The number of likely N-dealkylation sites (N-methyl/N-ethyl adjacent to an activating group) is 1. The van der Waals surface area contributed by atoms with E-state index in [0.717, 1.165) is 49.4 Å². The molecule has 0 spiro atoms. The SMILES string of the molecule is CN=C(NCCc1nc(C(F)(F)F)cs1)NCCN(C)CCCOC.I. The number of aromatic nitrogens is 1. The van der Waals surface area contributed by atoms with Crippen LogP contribution in [0.5, 0.6) is 0 Å². The second-order valence-electron chi connectivity index (χ2n) is 5.45. The Morgan fingerprint density at radius 1 is 1.31 bits per heavy atom. The minimum absolute atomic E-state index is 0. The molecule has 0 radical (unpaired) electrons. The molecule has 0 amide bonds. The molecule has 0 aliphatic heterocycles. The largest absolute Gasteiger partial charge is 0.434 e. The lowest BCUT2D eigenvalue weighted by Crippen LogP contribution is -2.41. The van der Waals surface area contributed by atoms with Crippen LogP contribution in [0.2, 0.25) is 0 Å². The number of rotatable bonds is 10. The summed E-state index contributed by atoms with van der Waals surface area (Å²) in [4.78, 5) is 9.88. The van der Waals surface area contributed by atoms with Crippen molar-refractivity contribution in [3.8, 4) is 0 Å². The van der Waals surface area contributed by atoms with Crippen molar-refractivity contribution in [1.82, 2.24) is 20.5 Å². The van der Waals surface area contributed by atoms with Crippen molar-refractivity contribution in [2.45, 2.75) is 19.0 Å². The normalized spacial score (nSPS) is 12.2. The zero-order valence-corrected chi connectivity index (χ0v) is 18.4. The topological polar surface area (TPSA) is 61.8 Å². The van der Waals surface area contributed by atoms with Crippen LogP contribution >= 0.6 is 35.3 Å². The third-order valence-electron chi connectivity index (χ3n) is 3.37. The molecule has 6 nitrogen and oxygen atoms in total. The van der Waals surface area contributed by atoms with E-state index in [9.17, 15) is 13.2 Å². The van der Waals surface area contributed by atoms with Crippen LogP contribution in [0.4, 0.5) is 13.2 Å². The fraction of sp³-hybridized carbons (Fsp3) is 0.733. The van der Waals surface area contributed by atoms with Crippen molar-refractivity contribution < 1.29 is 17.9 Å². The van der Waals surface area contributed by atoms with Gasteiger partial charge in [0.2, 0.25) is 0 Å². The number of aliphatic imine (C=N–C) groups is 1. The highest BCUT2D eigenvalue weighted by molar-refractivity contribution is 14.0. The van der Waals surface area contributed by atoms with E-state index in [2.05, 4.69) is 25.5 Å². The van der Waals surface area contributed by atoms with Crippen molar-refractivity contribution in [2.24, 2.45) is 4.99 Å². The zero-order chi connectivity index (χ0) is 18.7. The molecule has 0 aromatic carbocycles. The Morgan fingerprint density at radius 2 is 2.00 bits per heavy atom. The highest BCUT2D eigenvalue weighted by atomic mass is 127. The van der Waals surface area contributed by atoms with Crippen LogP contribution < -0.4 is 10.6 Å². The average molecular weight is 509 g/mol. The molecule has 0 unspecified atom stereocenters. The molecule has 1 aromatic heterocycles. The maximum Gasteiger partial charge on any atom is 0.434 e. The van der Waals surface area contributed by atoms with Gasteiger partial charge in [0.25, 0.3) is 0 Å². The smallest absolute Gasteiger partial charge is 0.385 e. The summed E-state index contributed by atoms with van der Waals surface area (Å²) < 4.78 is 42.5. The Labute approximate surface area is 173 Å². The van der Waals surface area contributed by atoms with Crippen molar-refractivity contribution in [1.29, 1.82) is 0 Å². The van der Waals surface area contributed by atoms with Crippen LogP contribution in [-0.2, 0) is 17.3 Å². The maximum atomic E-state index is 12.5. The fourth-order valence-corrected chi connectivity index (χ4v) is 2.83. The number of ether oxygens (including phenoxy) is 1. The highest BCUT2D eigenvalue weighted by Gasteiger charge is 2.33. The molecule has 1 aromatic rings. The Morgan fingerprint density at radius 3 is 2.58 bits per heavy atom. The van der Waals surface area contributed by atoms with E-state index >= 15 is 0 Å². The summed E-state index contributed by atoms with van der Waals surface area (Å²) in [5.74, 6) is 0.623. The molecule has 0 fully saturated rings. The molecule has 0 saturated carbocycles. The molecule has 0 aliphatic carbocycles. The Hall–Kier alpha value is -0.660. The minimum atomic E-state index is -4.38. The van der Waals surface area contributed by atoms with Crippen molar-refractivity contribution in [3.05, 3.63) is 16.1 Å². The van der Waals surface area contributed by atoms with Crippen molar-refractivity contribution >= 4 is 41.3 Å². The van der Waals surface area contributed by atoms with Gasteiger partial charge in [-0.3, -0.25) is 4.99 Å². The van der Waals surface area contributed by atoms with Crippen LogP contribution in [0.25, 0.3) is 0 Å². The fourth-order valence-electron chi connectivity index (χ4n) is 2.02. The molecule has 1 rings (SSSR count). The summed E-state index contributed by atoms with van der Waals surface area (Å²) in [6.07, 6.45) is -2.98. The average Bonchev–Trinajstić information content (AvgIpc) is 3.03. The Balaban J connectivity index is 0.00000625. The lowest BCUT2D eigenvalue weighted by atomic mass is 10.4. The standard InChI is InChI=1S/C15H26F3N5OS.HI/c1-19-14(21-7-9-23(2)8-4-10-24-3)20-6-5-13-22-12(11-25-13)15(16,17)18;/h11H,4-10H2,1-3H3,(H2,19,20,21);1H. The summed E-state index contributed by atoms with van der Waals surface area (Å²) in [5.41, 5.74) is -0.827. The molecule has 11 heteroatoms. The minimum Gasteiger partial charge on any atom is -0.385 e. The second-order valence-corrected chi connectivity index (χ2v) is 6.39. The number of hydrogen-bond donors (Lipinski definition) is 2. The molecule has 1 heterocycles. The quantitative estimate of drug-likeness (QED) is 0.220. The number of thiazole rings is 1. The molecule has 152 valence electrons. The van der Waals surface area contributed by atoms with E-state index in [4.69, 9.17) is 4.74 Å². The zero-order valence-electron chi connectivity index (χ0n) is 15.2. The van der Waals surface area contributed by atoms with Gasteiger partial charge in [0, 0.05) is 58.7 Å². The van der Waals surface area contributed by atoms with E-state index in [1.807, 2.05) is 7.05 Å². The predicted molar refractivity (Wildman–Crippen MR) is 110 cm³/mol. The third-order valence-corrected chi connectivity index (χ3v) is 4.28.